The molecule has 3 rings (SSSR count). The minimum Gasteiger partial charge on any atom is -0.478 e. The monoisotopic (exact) mass is 454 g/mol. The molecule has 0 bridgehead atoms. The third-order valence-corrected chi connectivity index (χ3v) is 4.99. The van der Waals surface area contributed by atoms with Crippen molar-refractivity contribution in [3.8, 4) is 22.9 Å². The molecule has 0 fully saturated rings. The van der Waals surface area contributed by atoms with Crippen molar-refractivity contribution in [1.29, 1.82) is 5.26 Å². The number of rotatable bonds is 8. The van der Waals surface area contributed by atoms with Gasteiger partial charge in [-0.1, -0.05) is 32.0 Å². The number of benzene rings is 3. The summed E-state index contributed by atoms with van der Waals surface area (Å²) in [6, 6.07) is 14.1. The molecule has 5 nitrogen and oxygen atoms in total. The van der Waals surface area contributed by atoms with Gasteiger partial charge in [-0.15, -0.1) is 0 Å². The summed E-state index contributed by atoms with van der Waals surface area (Å²) in [6.07, 6.45) is -1.24. The van der Waals surface area contributed by atoms with Crippen LogP contribution in [0.3, 0.4) is 0 Å². The molecule has 0 radical (unpaired) electrons. The summed E-state index contributed by atoms with van der Waals surface area (Å²) >= 11 is 0. The van der Waals surface area contributed by atoms with E-state index in [1.54, 1.807) is 19.9 Å². The summed E-state index contributed by atoms with van der Waals surface area (Å²) in [4.78, 5) is 11.5. The fourth-order valence-electron chi connectivity index (χ4n) is 3.29. The summed E-state index contributed by atoms with van der Waals surface area (Å²) in [5.74, 6) is -3.51. The van der Waals surface area contributed by atoms with E-state index in [-0.39, 0.29) is 29.1 Å². The first-order chi connectivity index (χ1) is 15.7. The zero-order valence-electron chi connectivity index (χ0n) is 17.9. The van der Waals surface area contributed by atoms with Gasteiger partial charge in [0.1, 0.15) is 34.8 Å². The summed E-state index contributed by atoms with van der Waals surface area (Å²) in [7, 11) is 0. The zero-order chi connectivity index (χ0) is 24.1. The third-order valence-electron chi connectivity index (χ3n) is 4.99. The molecule has 3 aromatic carbocycles. The maximum absolute atomic E-state index is 14.5. The zero-order valence-corrected chi connectivity index (χ0v) is 17.9. The molecule has 170 valence electrons. The molecule has 1 atom stereocenters. The standard InChI is InChI=1S/C25H21F3N2O3/c1-14(2)24(25(31)32)33-22-9-8-21(28)23(19(22)12-29)30-13-17-10-16(6-7-20(17)27)15-4-3-5-18(26)11-15/h3-11,14,24,30H,13H2,1-2H3,(H,31,32). The largest absolute Gasteiger partial charge is 0.478 e. The van der Waals surface area contributed by atoms with E-state index in [0.717, 1.165) is 6.07 Å². The predicted octanol–water partition coefficient (Wildman–Crippen LogP) is 5.74. The Morgan fingerprint density at radius 1 is 1.06 bits per heavy atom. The van der Waals surface area contributed by atoms with E-state index in [1.165, 1.54) is 42.5 Å². The Morgan fingerprint density at radius 2 is 1.76 bits per heavy atom. The smallest absolute Gasteiger partial charge is 0.345 e. The van der Waals surface area contributed by atoms with Crippen LogP contribution in [0.4, 0.5) is 18.9 Å². The van der Waals surface area contributed by atoms with Crippen LogP contribution in [0.5, 0.6) is 5.75 Å². The van der Waals surface area contributed by atoms with Gasteiger partial charge >= 0.3 is 5.97 Å². The highest BCUT2D eigenvalue weighted by atomic mass is 19.1. The number of nitrogens with zero attached hydrogens (tertiary/aromatic N) is 1. The van der Waals surface area contributed by atoms with E-state index in [9.17, 15) is 28.3 Å². The van der Waals surface area contributed by atoms with Gasteiger partial charge in [-0.25, -0.2) is 18.0 Å². The van der Waals surface area contributed by atoms with E-state index in [0.29, 0.717) is 11.1 Å². The molecule has 3 aromatic rings. The molecule has 0 amide bonds. The van der Waals surface area contributed by atoms with Crippen molar-refractivity contribution in [2.45, 2.75) is 26.5 Å². The summed E-state index contributed by atoms with van der Waals surface area (Å²) in [5.41, 5.74) is 0.801. The second-order valence-electron chi connectivity index (χ2n) is 7.70. The predicted molar refractivity (Wildman–Crippen MR) is 117 cm³/mol. The molecule has 0 aliphatic rings. The second-order valence-corrected chi connectivity index (χ2v) is 7.70. The molecule has 0 spiro atoms. The van der Waals surface area contributed by atoms with Crippen LogP contribution in [0, 0.1) is 34.7 Å². The molecule has 1 unspecified atom stereocenters. The fourth-order valence-corrected chi connectivity index (χ4v) is 3.29. The Balaban J connectivity index is 1.91. The van der Waals surface area contributed by atoms with Gasteiger partial charge in [-0.2, -0.15) is 5.26 Å². The second kappa shape index (κ2) is 10.1. The molecule has 0 aliphatic carbocycles. The number of carboxylic acids is 1. The molecule has 8 heteroatoms. The van der Waals surface area contributed by atoms with Crippen LogP contribution in [0.15, 0.2) is 54.6 Å². The minimum atomic E-state index is -1.24. The highest BCUT2D eigenvalue weighted by Gasteiger charge is 2.26. The summed E-state index contributed by atoms with van der Waals surface area (Å²) < 4.78 is 48.0. The Hall–Kier alpha value is -3.99. The number of aliphatic carboxylic acids is 1. The molecule has 0 heterocycles. The van der Waals surface area contributed by atoms with Gasteiger partial charge in [0, 0.05) is 18.0 Å². The van der Waals surface area contributed by atoms with Crippen LogP contribution < -0.4 is 10.1 Å². The number of hydrogen-bond donors (Lipinski definition) is 2. The topological polar surface area (TPSA) is 82.3 Å². The number of ether oxygens (including phenoxy) is 1. The van der Waals surface area contributed by atoms with Crippen molar-refractivity contribution in [2.24, 2.45) is 5.92 Å². The van der Waals surface area contributed by atoms with Gasteiger partial charge in [0.2, 0.25) is 0 Å². The Bertz CT molecular complexity index is 1220. The number of halogens is 3. The third kappa shape index (κ3) is 5.44. The minimum absolute atomic E-state index is 0.100. The quantitative estimate of drug-likeness (QED) is 0.453. The van der Waals surface area contributed by atoms with Crippen molar-refractivity contribution in [1.82, 2.24) is 0 Å². The van der Waals surface area contributed by atoms with Crippen LogP contribution >= 0.6 is 0 Å². The maximum Gasteiger partial charge on any atom is 0.345 e. The Kier molecular flexibility index (Phi) is 7.23. The van der Waals surface area contributed by atoms with Crippen molar-refractivity contribution < 1.29 is 27.8 Å². The SMILES string of the molecule is CC(C)C(Oc1ccc(F)c(NCc2cc(-c3cccc(F)c3)ccc2F)c1C#N)C(=O)O. The number of nitriles is 1. The molecule has 0 saturated heterocycles. The lowest BCUT2D eigenvalue weighted by Gasteiger charge is -2.20. The lowest BCUT2D eigenvalue weighted by atomic mass is 10.0. The number of hydrogen-bond acceptors (Lipinski definition) is 4. The maximum atomic E-state index is 14.5. The van der Waals surface area contributed by atoms with Gasteiger partial charge < -0.3 is 15.2 Å². The summed E-state index contributed by atoms with van der Waals surface area (Å²) in [6.45, 7) is 3.10. The highest BCUT2D eigenvalue weighted by molar-refractivity contribution is 5.74. The Morgan fingerprint density at radius 3 is 2.39 bits per heavy atom. The van der Waals surface area contributed by atoms with Crippen LogP contribution in [0.25, 0.3) is 11.1 Å². The van der Waals surface area contributed by atoms with E-state index in [4.69, 9.17) is 4.74 Å². The van der Waals surface area contributed by atoms with Crippen molar-refractivity contribution in [3.63, 3.8) is 0 Å². The van der Waals surface area contributed by atoms with Crippen LogP contribution in [0.1, 0.15) is 25.0 Å². The highest BCUT2D eigenvalue weighted by Crippen LogP contribution is 2.31. The lowest BCUT2D eigenvalue weighted by Crippen LogP contribution is -2.32. The van der Waals surface area contributed by atoms with Gasteiger partial charge in [0.25, 0.3) is 0 Å². The van der Waals surface area contributed by atoms with Gasteiger partial charge in [0.05, 0.1) is 5.69 Å². The van der Waals surface area contributed by atoms with Gasteiger partial charge in [-0.3, -0.25) is 0 Å². The van der Waals surface area contributed by atoms with E-state index in [2.05, 4.69) is 5.32 Å². The van der Waals surface area contributed by atoms with Crippen LogP contribution in [-0.4, -0.2) is 17.2 Å². The normalized spacial score (nSPS) is 11.7. The first kappa shape index (κ1) is 23.7. The first-order valence-electron chi connectivity index (χ1n) is 10.1. The lowest BCUT2D eigenvalue weighted by molar-refractivity contribution is -0.147. The summed E-state index contributed by atoms with van der Waals surface area (Å²) in [5, 5.41) is 21.7. The molecule has 0 saturated carbocycles. The van der Waals surface area contributed by atoms with Gasteiger partial charge in [-0.05, 0) is 47.5 Å². The number of carboxylic acid groups (broad SMARTS) is 1. The molecular weight excluding hydrogens is 433 g/mol. The molecular formula is C25H21F3N2O3. The van der Waals surface area contributed by atoms with E-state index in [1.807, 2.05) is 6.07 Å². The van der Waals surface area contributed by atoms with Crippen LogP contribution in [-0.2, 0) is 11.3 Å². The van der Waals surface area contributed by atoms with Crippen molar-refractivity contribution in [3.05, 3.63) is 83.2 Å². The fraction of sp³-hybridized carbons (Fsp3) is 0.200. The van der Waals surface area contributed by atoms with Gasteiger partial charge in [0.15, 0.2) is 6.10 Å². The number of anilines is 1. The molecule has 2 N–H and O–H groups in total. The molecule has 0 aliphatic heterocycles. The number of nitrogens with one attached hydrogen (secondary N) is 1. The van der Waals surface area contributed by atoms with E-state index >= 15 is 0 Å². The molecule has 33 heavy (non-hydrogen) atoms. The Labute approximate surface area is 189 Å². The van der Waals surface area contributed by atoms with Crippen LogP contribution in [0.2, 0.25) is 0 Å². The average Bonchev–Trinajstić information content (AvgIpc) is 2.77. The van der Waals surface area contributed by atoms with E-state index < -0.39 is 35.4 Å². The first-order valence-corrected chi connectivity index (χ1v) is 10.1. The number of carbonyl (C=O) groups is 1. The molecule has 0 aromatic heterocycles. The van der Waals surface area contributed by atoms with Crippen molar-refractivity contribution in [2.75, 3.05) is 5.32 Å². The van der Waals surface area contributed by atoms with Crippen molar-refractivity contribution >= 4 is 11.7 Å². The average molecular weight is 454 g/mol.